The molecule has 0 heterocycles. The van der Waals surface area contributed by atoms with Gasteiger partial charge in [0.1, 0.15) is 0 Å². The van der Waals surface area contributed by atoms with Gasteiger partial charge in [-0.25, -0.2) is 0 Å². The summed E-state index contributed by atoms with van der Waals surface area (Å²) in [6.45, 7) is 2.38. The first-order chi connectivity index (χ1) is 19.3. The molecule has 215 valence electrons. The Kier molecular flexibility index (Phi) is 9.98. The first-order valence-electron chi connectivity index (χ1n) is 15.8. The van der Waals surface area contributed by atoms with E-state index in [0.29, 0.717) is 0 Å². The average Bonchev–Trinajstić information content (AvgIpc) is 3.68. The van der Waals surface area contributed by atoms with Gasteiger partial charge in [-0.05, 0) is 0 Å². The summed E-state index contributed by atoms with van der Waals surface area (Å²) in [6.07, 6.45) is 23.3. The summed E-state index contributed by atoms with van der Waals surface area (Å²) in [7, 11) is 0. The van der Waals surface area contributed by atoms with Crippen LogP contribution in [-0.2, 0) is 22.5 Å². The van der Waals surface area contributed by atoms with Crippen molar-refractivity contribution < 1.29 is 16.1 Å². The Labute approximate surface area is 263 Å². The summed E-state index contributed by atoms with van der Waals surface area (Å²) in [4.78, 5) is 0. The summed E-state index contributed by atoms with van der Waals surface area (Å²) in [5.74, 6) is 1.48. The number of hydrogen-bond acceptors (Lipinski definition) is 0. The second-order valence-electron chi connectivity index (χ2n) is 12.6. The largest absolute Gasteiger partial charge is 0.147 e. The summed E-state index contributed by atoms with van der Waals surface area (Å²) < 4.78 is 7.72. The predicted octanol–water partition coefficient (Wildman–Crippen LogP) is 9.97. The number of hydrogen-bond donors (Lipinski definition) is 0. The van der Waals surface area contributed by atoms with Gasteiger partial charge >= 0.3 is 240 Å². The second-order valence-corrected chi connectivity index (χ2v) is 18.8. The molecule has 1 atom stereocenters. The van der Waals surface area contributed by atoms with E-state index < -0.39 is 16.1 Å². The van der Waals surface area contributed by atoms with Gasteiger partial charge in [0.05, 0.1) is 0 Å². The van der Waals surface area contributed by atoms with E-state index in [1.807, 2.05) is 0 Å². The first-order valence-corrected chi connectivity index (χ1v) is 19.0. The van der Waals surface area contributed by atoms with Crippen molar-refractivity contribution in [1.82, 2.24) is 0 Å². The standard InChI is InChI=1S/C25H29.C6H5.C5H5.C2H4.2ClH.Ti/c1-3-7-18(8-4-1)20-11-13-22-15-23-14-12-21(17-25(23)24(22)16-20)19-9-5-2-6-10-19;1-2-4-6-5-3-1;1-2-4-5-3-1;1-2;;;/h11-13,16-19H,1-10,15H2;1-5H;1-3H,4H2;1H,2H3;2*1H;. The maximum atomic E-state index is 2.74. The molecule has 7 rings (SSSR count). The summed E-state index contributed by atoms with van der Waals surface area (Å²) >= 11 is -2.97. The fourth-order valence-electron chi connectivity index (χ4n) is 8.49. The van der Waals surface area contributed by atoms with Crippen LogP contribution in [0.4, 0.5) is 0 Å². The van der Waals surface area contributed by atoms with Crippen molar-refractivity contribution in [2.24, 2.45) is 0 Å². The van der Waals surface area contributed by atoms with Gasteiger partial charge in [0.2, 0.25) is 0 Å². The van der Waals surface area contributed by atoms with Crippen LogP contribution >= 0.6 is 24.8 Å². The number of allylic oxidation sites excluding steroid dienone is 4. The summed E-state index contributed by atoms with van der Waals surface area (Å²) in [6, 6.07) is 24.7. The van der Waals surface area contributed by atoms with E-state index in [2.05, 4.69) is 90.1 Å². The first kappa shape index (κ1) is 30.8. The molecule has 0 amide bonds. The summed E-state index contributed by atoms with van der Waals surface area (Å²) in [5, 5.41) is 0. The fraction of sp³-hybridized carbons (Fsp3) is 0.395. The minimum absolute atomic E-state index is 0. The van der Waals surface area contributed by atoms with Gasteiger partial charge in [0.15, 0.2) is 0 Å². The van der Waals surface area contributed by atoms with E-state index in [4.69, 9.17) is 0 Å². The van der Waals surface area contributed by atoms with Crippen LogP contribution in [0.1, 0.15) is 112 Å². The van der Waals surface area contributed by atoms with E-state index in [1.165, 1.54) is 64.2 Å². The van der Waals surface area contributed by atoms with E-state index in [-0.39, 0.29) is 24.8 Å². The molecule has 2 saturated carbocycles. The van der Waals surface area contributed by atoms with Crippen LogP contribution in [0.25, 0.3) is 11.1 Å². The number of rotatable bonds is 5. The molecule has 0 spiro atoms. The summed E-state index contributed by atoms with van der Waals surface area (Å²) in [5.41, 5.74) is 9.60. The second kappa shape index (κ2) is 13.3. The smallest absolute Gasteiger partial charge is 0.147 e. The topological polar surface area (TPSA) is 0 Å². The molecular formula is C38H45Cl2Ti. The minimum atomic E-state index is -2.97. The van der Waals surface area contributed by atoms with Gasteiger partial charge < -0.3 is 0 Å². The molecule has 41 heavy (non-hydrogen) atoms. The normalized spacial score (nSPS) is 19.8. The Hall–Kier alpha value is -1.70. The molecular weight excluding hydrogens is 575 g/mol. The maximum absolute atomic E-state index is 2.97. The van der Waals surface area contributed by atoms with Crippen LogP contribution in [0.5, 0.6) is 0 Å². The van der Waals surface area contributed by atoms with Crippen LogP contribution in [0.15, 0.2) is 82.8 Å². The van der Waals surface area contributed by atoms with E-state index >= 15 is 0 Å². The van der Waals surface area contributed by atoms with Gasteiger partial charge in [0, 0.05) is 0 Å². The molecule has 0 bridgehead atoms. The molecule has 1 unspecified atom stereocenters. The molecule has 4 aliphatic rings. The van der Waals surface area contributed by atoms with Gasteiger partial charge in [-0.1, -0.05) is 0 Å². The molecule has 0 radical (unpaired) electrons. The molecule has 0 N–H and O–H groups in total. The van der Waals surface area contributed by atoms with Crippen LogP contribution in [0.2, 0.25) is 0 Å². The average molecular weight is 621 g/mol. The minimum Gasteiger partial charge on any atom is -0.147 e. The van der Waals surface area contributed by atoms with Crippen LogP contribution in [-0.4, -0.2) is 4.31 Å². The molecule has 3 aromatic rings. The number of benzene rings is 3. The van der Waals surface area contributed by atoms with Crippen molar-refractivity contribution >= 4 is 36.9 Å². The zero-order valence-electron chi connectivity index (χ0n) is 24.5. The third-order valence-electron chi connectivity index (χ3n) is 10.6. The monoisotopic (exact) mass is 619 g/mol. The Balaban J connectivity index is 0.00000169. The quantitative estimate of drug-likeness (QED) is 0.195. The molecule has 3 heteroatoms. The van der Waals surface area contributed by atoms with Crippen molar-refractivity contribution in [2.45, 2.75) is 95.8 Å². The number of fused-ring (bicyclic) bond motifs is 3. The van der Waals surface area contributed by atoms with Crippen molar-refractivity contribution in [3.8, 4) is 11.1 Å². The van der Waals surface area contributed by atoms with Crippen LogP contribution in [0.3, 0.4) is 0 Å². The third-order valence-corrected chi connectivity index (χ3v) is 18.1. The van der Waals surface area contributed by atoms with E-state index in [1.54, 1.807) is 45.0 Å². The van der Waals surface area contributed by atoms with Gasteiger partial charge in [-0.3, -0.25) is 0 Å². The molecule has 0 aromatic heterocycles. The van der Waals surface area contributed by atoms with Crippen molar-refractivity contribution in [1.29, 1.82) is 0 Å². The molecule has 4 aliphatic carbocycles. The van der Waals surface area contributed by atoms with Crippen LogP contribution in [0, 0.1) is 0 Å². The zero-order chi connectivity index (χ0) is 26.2. The SMILES string of the molecule is C[CH]=[Ti]([C]1=CC=CC1)([c]1ccccc1)[c]1cc(C2CCCCC2)cc2c1Cc1ccc(C3CCCCC3)cc1-2.Cl.Cl. The Morgan fingerprint density at radius 2 is 1.37 bits per heavy atom. The van der Waals surface area contributed by atoms with Gasteiger partial charge in [-0.2, -0.15) is 0 Å². The van der Waals surface area contributed by atoms with E-state index in [0.717, 1.165) is 24.7 Å². The number of halogens is 2. The fourth-order valence-corrected chi connectivity index (χ4v) is 15.8. The molecule has 3 aromatic carbocycles. The van der Waals surface area contributed by atoms with Gasteiger partial charge in [-0.15, -0.1) is 24.8 Å². The van der Waals surface area contributed by atoms with E-state index in [9.17, 15) is 0 Å². The molecule has 2 fully saturated rings. The van der Waals surface area contributed by atoms with Crippen molar-refractivity contribution in [3.63, 3.8) is 0 Å². The van der Waals surface area contributed by atoms with Crippen LogP contribution < -0.4 is 7.74 Å². The maximum Gasteiger partial charge on any atom is -0.147 e. The van der Waals surface area contributed by atoms with Crippen molar-refractivity contribution in [3.05, 3.63) is 105 Å². The predicted molar refractivity (Wildman–Crippen MR) is 180 cm³/mol. The Morgan fingerprint density at radius 3 is 2.00 bits per heavy atom. The molecule has 0 nitrogen and oxygen atoms in total. The third kappa shape index (κ3) is 5.56. The molecule has 0 aliphatic heterocycles. The van der Waals surface area contributed by atoms with Gasteiger partial charge in [0.25, 0.3) is 0 Å². The Morgan fingerprint density at radius 1 is 0.707 bits per heavy atom. The van der Waals surface area contributed by atoms with Crippen molar-refractivity contribution in [2.75, 3.05) is 0 Å². The molecule has 0 saturated heterocycles. The Bertz CT molecular complexity index is 1480. The zero-order valence-corrected chi connectivity index (χ0v) is 27.7.